The van der Waals surface area contributed by atoms with E-state index in [9.17, 15) is 4.79 Å². The number of hydrogen-bond donors (Lipinski definition) is 1. The van der Waals surface area contributed by atoms with Crippen LogP contribution in [0.3, 0.4) is 0 Å². The summed E-state index contributed by atoms with van der Waals surface area (Å²) in [5.74, 6) is 0.146. The molecule has 1 aromatic rings. The summed E-state index contributed by atoms with van der Waals surface area (Å²) in [6.07, 6.45) is 3.62. The molecular weight excluding hydrogens is 318 g/mol. The number of nitrogens with one attached hydrogen (secondary N) is 1. The molecule has 1 aliphatic rings. The highest BCUT2D eigenvalue weighted by Gasteiger charge is 2.41. The topological polar surface area (TPSA) is 38.3 Å². The average Bonchev–Trinajstić information content (AvgIpc) is 2.48. The molecule has 0 spiro atoms. The van der Waals surface area contributed by atoms with Crippen molar-refractivity contribution in [3.8, 4) is 0 Å². The van der Waals surface area contributed by atoms with E-state index >= 15 is 0 Å². The van der Waals surface area contributed by atoms with E-state index in [0.29, 0.717) is 13.2 Å². The van der Waals surface area contributed by atoms with Crippen molar-refractivity contribution in [2.24, 2.45) is 0 Å². The van der Waals surface area contributed by atoms with Gasteiger partial charge in [0.1, 0.15) is 0 Å². The standard InChI is InChI=1S/C16H22BrNO2/c1-2-3-9-18-15(19)16(7-10-20-11-8-16)13-5-4-6-14(17)12-13/h4-6,12H,2-3,7-11H2,1H3,(H,18,19). The molecule has 20 heavy (non-hydrogen) atoms. The Kier molecular flexibility index (Phi) is 5.61. The zero-order valence-corrected chi connectivity index (χ0v) is 13.5. The first-order valence-electron chi connectivity index (χ1n) is 7.31. The van der Waals surface area contributed by atoms with Gasteiger partial charge in [-0.1, -0.05) is 41.4 Å². The zero-order chi connectivity index (χ0) is 14.4. The zero-order valence-electron chi connectivity index (χ0n) is 12.0. The molecule has 1 heterocycles. The average molecular weight is 340 g/mol. The van der Waals surface area contributed by atoms with Gasteiger partial charge in [-0.05, 0) is 37.0 Å². The maximum atomic E-state index is 12.7. The van der Waals surface area contributed by atoms with Crippen molar-refractivity contribution < 1.29 is 9.53 Å². The smallest absolute Gasteiger partial charge is 0.230 e. The van der Waals surface area contributed by atoms with Crippen molar-refractivity contribution in [2.75, 3.05) is 19.8 Å². The quantitative estimate of drug-likeness (QED) is 0.834. The summed E-state index contributed by atoms with van der Waals surface area (Å²) in [5.41, 5.74) is 0.652. The van der Waals surface area contributed by atoms with Crippen molar-refractivity contribution in [2.45, 2.75) is 38.0 Å². The van der Waals surface area contributed by atoms with Crippen LogP contribution in [0.15, 0.2) is 28.7 Å². The third kappa shape index (κ3) is 3.41. The number of unbranched alkanes of at least 4 members (excludes halogenated alkanes) is 1. The summed E-state index contributed by atoms with van der Waals surface area (Å²) in [7, 11) is 0. The molecule has 4 heteroatoms. The van der Waals surface area contributed by atoms with Crippen LogP contribution in [0.25, 0.3) is 0 Å². The second kappa shape index (κ2) is 7.23. The van der Waals surface area contributed by atoms with Gasteiger partial charge in [-0.2, -0.15) is 0 Å². The highest BCUT2D eigenvalue weighted by Crippen LogP contribution is 2.36. The van der Waals surface area contributed by atoms with Crippen LogP contribution in [0.5, 0.6) is 0 Å². The van der Waals surface area contributed by atoms with E-state index in [1.807, 2.05) is 12.1 Å². The molecule has 0 radical (unpaired) electrons. The predicted molar refractivity (Wildman–Crippen MR) is 83.8 cm³/mol. The minimum atomic E-state index is -0.435. The van der Waals surface area contributed by atoms with E-state index in [2.05, 4.69) is 40.3 Å². The van der Waals surface area contributed by atoms with Crippen LogP contribution in [0.2, 0.25) is 0 Å². The number of rotatable bonds is 5. The van der Waals surface area contributed by atoms with E-state index in [1.54, 1.807) is 0 Å². The Balaban J connectivity index is 2.23. The van der Waals surface area contributed by atoms with Gasteiger partial charge in [-0.25, -0.2) is 0 Å². The van der Waals surface area contributed by atoms with Crippen LogP contribution in [0, 0.1) is 0 Å². The van der Waals surface area contributed by atoms with E-state index in [4.69, 9.17) is 4.74 Å². The summed E-state index contributed by atoms with van der Waals surface area (Å²) in [4.78, 5) is 12.7. The number of amides is 1. The molecule has 1 aliphatic heterocycles. The van der Waals surface area contributed by atoms with E-state index in [0.717, 1.165) is 42.3 Å². The summed E-state index contributed by atoms with van der Waals surface area (Å²) < 4.78 is 6.48. The maximum absolute atomic E-state index is 12.7. The van der Waals surface area contributed by atoms with E-state index in [-0.39, 0.29) is 5.91 Å². The van der Waals surface area contributed by atoms with E-state index < -0.39 is 5.41 Å². The fraction of sp³-hybridized carbons (Fsp3) is 0.562. The summed E-state index contributed by atoms with van der Waals surface area (Å²) >= 11 is 3.50. The van der Waals surface area contributed by atoms with Gasteiger partial charge < -0.3 is 10.1 Å². The molecule has 110 valence electrons. The molecule has 0 unspecified atom stereocenters. The molecule has 0 aliphatic carbocycles. The van der Waals surface area contributed by atoms with Crippen LogP contribution in [-0.4, -0.2) is 25.7 Å². The van der Waals surface area contributed by atoms with Crippen molar-refractivity contribution in [1.82, 2.24) is 5.32 Å². The number of hydrogen-bond acceptors (Lipinski definition) is 2. The van der Waals surface area contributed by atoms with Gasteiger partial charge >= 0.3 is 0 Å². The van der Waals surface area contributed by atoms with Crippen molar-refractivity contribution in [3.05, 3.63) is 34.3 Å². The fourth-order valence-electron chi connectivity index (χ4n) is 2.70. The highest BCUT2D eigenvalue weighted by atomic mass is 79.9. The van der Waals surface area contributed by atoms with Crippen LogP contribution >= 0.6 is 15.9 Å². The second-order valence-corrected chi connectivity index (χ2v) is 6.23. The SMILES string of the molecule is CCCCNC(=O)C1(c2cccc(Br)c2)CCOCC1. The minimum Gasteiger partial charge on any atom is -0.381 e. The van der Waals surface area contributed by atoms with Crippen LogP contribution < -0.4 is 5.32 Å². The lowest BCUT2D eigenvalue weighted by atomic mass is 9.73. The molecule has 1 fully saturated rings. The molecule has 0 bridgehead atoms. The Morgan fingerprint density at radius 1 is 1.40 bits per heavy atom. The number of carbonyl (C=O) groups excluding carboxylic acids is 1. The summed E-state index contributed by atoms with van der Waals surface area (Å²) in [6.45, 7) is 4.18. The molecule has 3 nitrogen and oxygen atoms in total. The summed E-state index contributed by atoms with van der Waals surface area (Å²) in [6, 6.07) is 8.10. The van der Waals surface area contributed by atoms with Crippen LogP contribution in [-0.2, 0) is 14.9 Å². The minimum absolute atomic E-state index is 0.146. The Hall–Kier alpha value is -0.870. The van der Waals surface area contributed by atoms with Gasteiger partial charge in [-0.15, -0.1) is 0 Å². The van der Waals surface area contributed by atoms with Gasteiger partial charge in [0.2, 0.25) is 5.91 Å². The first kappa shape index (κ1) is 15.5. The van der Waals surface area contributed by atoms with Crippen molar-refractivity contribution in [1.29, 1.82) is 0 Å². The van der Waals surface area contributed by atoms with Gasteiger partial charge in [0, 0.05) is 24.2 Å². The Morgan fingerprint density at radius 3 is 2.80 bits per heavy atom. The van der Waals surface area contributed by atoms with Gasteiger partial charge in [0.25, 0.3) is 0 Å². The normalized spacial score (nSPS) is 17.7. The lowest BCUT2D eigenvalue weighted by Crippen LogP contribution is -2.48. The van der Waals surface area contributed by atoms with E-state index in [1.165, 1.54) is 0 Å². The maximum Gasteiger partial charge on any atom is 0.230 e. The molecule has 1 saturated heterocycles. The predicted octanol–water partition coefficient (Wildman–Crippen LogP) is 3.41. The molecule has 0 atom stereocenters. The molecule has 0 aromatic heterocycles. The Bertz CT molecular complexity index is 456. The highest BCUT2D eigenvalue weighted by molar-refractivity contribution is 9.10. The molecular formula is C16H22BrNO2. The monoisotopic (exact) mass is 339 g/mol. The molecule has 1 aromatic carbocycles. The molecule has 0 saturated carbocycles. The number of benzene rings is 1. The van der Waals surface area contributed by atoms with Crippen LogP contribution in [0.1, 0.15) is 38.2 Å². The number of carbonyl (C=O) groups is 1. The third-order valence-electron chi connectivity index (χ3n) is 3.97. The van der Waals surface area contributed by atoms with Gasteiger partial charge in [0.05, 0.1) is 5.41 Å². The first-order chi connectivity index (χ1) is 9.69. The van der Waals surface area contributed by atoms with Crippen molar-refractivity contribution >= 4 is 21.8 Å². The lowest BCUT2D eigenvalue weighted by Gasteiger charge is -2.36. The molecule has 1 N–H and O–H groups in total. The Morgan fingerprint density at radius 2 is 2.15 bits per heavy atom. The first-order valence-corrected chi connectivity index (χ1v) is 8.10. The fourth-order valence-corrected chi connectivity index (χ4v) is 3.10. The van der Waals surface area contributed by atoms with Crippen LogP contribution in [0.4, 0.5) is 0 Å². The number of ether oxygens (including phenoxy) is 1. The second-order valence-electron chi connectivity index (χ2n) is 5.31. The number of halogens is 1. The van der Waals surface area contributed by atoms with Crippen molar-refractivity contribution in [3.63, 3.8) is 0 Å². The van der Waals surface area contributed by atoms with Gasteiger partial charge in [0.15, 0.2) is 0 Å². The third-order valence-corrected chi connectivity index (χ3v) is 4.47. The molecule has 2 rings (SSSR count). The summed E-state index contributed by atoms with van der Waals surface area (Å²) in [5, 5.41) is 3.10. The largest absolute Gasteiger partial charge is 0.381 e. The Labute approximate surface area is 129 Å². The lowest BCUT2D eigenvalue weighted by molar-refractivity contribution is -0.130. The molecule has 1 amide bonds. The van der Waals surface area contributed by atoms with Gasteiger partial charge in [-0.3, -0.25) is 4.79 Å².